The number of hydrazine groups is 1. The second-order valence-corrected chi connectivity index (χ2v) is 10.0. The molecule has 0 aromatic heterocycles. The molecule has 3 N–H and O–H groups in total. The number of nitrogens with one attached hydrogen (secondary N) is 2. The first kappa shape index (κ1) is 26.0. The molecule has 0 unspecified atom stereocenters. The van der Waals surface area contributed by atoms with Crippen LogP contribution >= 0.6 is 0 Å². The SMILES string of the molecule is CC(C)C[C@@H](C(=O)NN(CC(C)C)S(C)(=O)=O)[C@H](OCc1ccccc1)C(=O)NO. The minimum absolute atomic E-state index is 0.00634. The van der Waals surface area contributed by atoms with Gasteiger partial charge in [-0.05, 0) is 23.8 Å². The van der Waals surface area contributed by atoms with Crippen LogP contribution in [0.1, 0.15) is 39.7 Å². The summed E-state index contributed by atoms with van der Waals surface area (Å²) in [7, 11) is -3.71. The highest BCUT2D eigenvalue weighted by atomic mass is 32.2. The first-order valence-corrected chi connectivity index (χ1v) is 11.7. The van der Waals surface area contributed by atoms with Gasteiger partial charge in [-0.15, -0.1) is 4.41 Å². The molecule has 0 saturated carbocycles. The quantitative estimate of drug-likeness (QED) is 0.333. The van der Waals surface area contributed by atoms with E-state index in [0.29, 0.717) is 0 Å². The van der Waals surface area contributed by atoms with Crippen molar-refractivity contribution in [2.75, 3.05) is 12.8 Å². The van der Waals surface area contributed by atoms with Gasteiger partial charge >= 0.3 is 0 Å². The van der Waals surface area contributed by atoms with E-state index in [1.54, 1.807) is 17.6 Å². The smallest absolute Gasteiger partial charge is 0.273 e. The fourth-order valence-corrected chi connectivity index (χ4v) is 3.70. The Morgan fingerprint density at radius 2 is 1.67 bits per heavy atom. The minimum Gasteiger partial charge on any atom is -0.363 e. The fraction of sp³-hybridized carbons (Fsp3) is 0.600. The summed E-state index contributed by atoms with van der Waals surface area (Å²) in [6.45, 7) is 7.51. The molecule has 0 radical (unpaired) electrons. The maximum absolute atomic E-state index is 13.0. The summed E-state index contributed by atoms with van der Waals surface area (Å²) in [6.07, 6.45) is -0.0624. The second kappa shape index (κ2) is 12.0. The largest absolute Gasteiger partial charge is 0.363 e. The third-order valence-electron chi connectivity index (χ3n) is 4.23. The van der Waals surface area contributed by atoms with Crippen LogP contribution in [0.5, 0.6) is 0 Å². The first-order chi connectivity index (χ1) is 14.0. The summed E-state index contributed by atoms with van der Waals surface area (Å²) < 4.78 is 30.7. The van der Waals surface area contributed by atoms with Crippen molar-refractivity contribution in [1.29, 1.82) is 0 Å². The van der Waals surface area contributed by atoms with Gasteiger partial charge in [0, 0.05) is 6.54 Å². The zero-order chi connectivity index (χ0) is 22.9. The molecule has 1 rings (SSSR count). The Morgan fingerprint density at radius 1 is 1.07 bits per heavy atom. The monoisotopic (exact) mass is 443 g/mol. The number of ether oxygens (including phenoxy) is 1. The Balaban J connectivity index is 3.12. The molecule has 1 aromatic carbocycles. The highest BCUT2D eigenvalue weighted by Crippen LogP contribution is 2.21. The molecule has 0 saturated heterocycles. The molecule has 1 aromatic rings. The molecule has 2 atom stereocenters. The molecule has 2 amide bonds. The number of rotatable bonds is 12. The molecule has 0 aliphatic carbocycles. The van der Waals surface area contributed by atoms with Crippen LogP contribution < -0.4 is 10.9 Å². The molecule has 0 bridgehead atoms. The van der Waals surface area contributed by atoms with E-state index < -0.39 is 33.9 Å². The number of amides is 2. The molecule has 0 fully saturated rings. The molecular weight excluding hydrogens is 410 g/mol. The maximum atomic E-state index is 13.0. The Hall–Kier alpha value is -2.01. The zero-order valence-electron chi connectivity index (χ0n) is 18.2. The summed E-state index contributed by atoms with van der Waals surface area (Å²) >= 11 is 0. The van der Waals surface area contributed by atoms with Crippen LogP contribution in [-0.4, -0.2) is 48.8 Å². The van der Waals surface area contributed by atoms with Gasteiger partial charge in [0.05, 0.1) is 18.8 Å². The van der Waals surface area contributed by atoms with E-state index in [2.05, 4.69) is 5.43 Å². The average molecular weight is 444 g/mol. The highest BCUT2D eigenvalue weighted by Gasteiger charge is 2.37. The van der Waals surface area contributed by atoms with E-state index in [9.17, 15) is 23.2 Å². The van der Waals surface area contributed by atoms with Crippen LogP contribution in [-0.2, 0) is 31.0 Å². The van der Waals surface area contributed by atoms with Crippen molar-refractivity contribution in [3.63, 3.8) is 0 Å². The number of benzene rings is 1. The number of nitrogens with zero attached hydrogens (tertiary/aromatic N) is 1. The van der Waals surface area contributed by atoms with Gasteiger partial charge < -0.3 is 4.74 Å². The summed E-state index contributed by atoms with van der Waals surface area (Å²) in [5, 5.41) is 9.18. The van der Waals surface area contributed by atoms with E-state index in [1.807, 2.05) is 45.9 Å². The van der Waals surface area contributed by atoms with Crippen molar-refractivity contribution in [1.82, 2.24) is 15.3 Å². The van der Waals surface area contributed by atoms with Crippen LogP contribution in [0.15, 0.2) is 30.3 Å². The average Bonchev–Trinajstić information content (AvgIpc) is 2.65. The van der Waals surface area contributed by atoms with Crippen molar-refractivity contribution >= 4 is 21.8 Å². The molecule has 0 heterocycles. The van der Waals surface area contributed by atoms with Gasteiger partial charge in [-0.3, -0.25) is 20.2 Å². The van der Waals surface area contributed by atoms with Crippen LogP contribution in [0.25, 0.3) is 0 Å². The van der Waals surface area contributed by atoms with E-state index in [4.69, 9.17) is 4.74 Å². The Labute approximate surface area is 178 Å². The van der Waals surface area contributed by atoms with Crippen LogP contribution in [0.2, 0.25) is 0 Å². The first-order valence-electron chi connectivity index (χ1n) is 9.83. The highest BCUT2D eigenvalue weighted by molar-refractivity contribution is 7.88. The third kappa shape index (κ3) is 8.78. The standard InChI is InChI=1S/C20H33N3O6S/c1-14(2)11-17(19(24)21-23(12-15(3)4)30(5,27)28)18(20(25)22-26)29-13-16-9-7-6-8-10-16/h6-10,14-15,17-18,26H,11-13H2,1-5H3,(H,21,24)(H,22,25)/t17-,18+/m1/s1. The molecule has 0 spiro atoms. The van der Waals surface area contributed by atoms with Crippen molar-refractivity contribution < 1.29 is 28.0 Å². The van der Waals surface area contributed by atoms with Crippen LogP contribution in [0.3, 0.4) is 0 Å². The molecule has 30 heavy (non-hydrogen) atoms. The summed E-state index contributed by atoms with van der Waals surface area (Å²) in [6, 6.07) is 9.08. The molecule has 0 aliphatic heterocycles. The number of sulfonamides is 1. The van der Waals surface area contributed by atoms with Gasteiger partial charge in [0.25, 0.3) is 5.91 Å². The van der Waals surface area contributed by atoms with Crippen LogP contribution in [0, 0.1) is 17.8 Å². The van der Waals surface area contributed by atoms with Crippen LogP contribution in [0.4, 0.5) is 0 Å². The van der Waals surface area contributed by atoms with E-state index >= 15 is 0 Å². The van der Waals surface area contributed by atoms with Gasteiger partial charge in [0.15, 0.2) is 0 Å². The van der Waals surface area contributed by atoms with Gasteiger partial charge in [-0.2, -0.15) is 0 Å². The Kier molecular flexibility index (Phi) is 10.4. The lowest BCUT2D eigenvalue weighted by Gasteiger charge is -2.29. The number of hydrogen-bond donors (Lipinski definition) is 3. The van der Waals surface area contributed by atoms with Crippen molar-refractivity contribution in [2.24, 2.45) is 17.8 Å². The molecule has 9 nitrogen and oxygen atoms in total. The normalized spacial score (nSPS) is 14.0. The molecule has 170 valence electrons. The molecular formula is C20H33N3O6S. The number of hydrogen-bond acceptors (Lipinski definition) is 6. The van der Waals surface area contributed by atoms with Crippen molar-refractivity contribution in [2.45, 2.75) is 46.8 Å². The predicted molar refractivity (Wildman–Crippen MR) is 112 cm³/mol. The molecule has 0 aliphatic rings. The van der Waals surface area contributed by atoms with Crippen molar-refractivity contribution in [3.05, 3.63) is 35.9 Å². The van der Waals surface area contributed by atoms with Gasteiger partial charge in [0.2, 0.25) is 15.9 Å². The van der Waals surface area contributed by atoms with E-state index in [1.165, 1.54) is 0 Å². The topological polar surface area (TPSA) is 125 Å². The lowest BCUT2D eigenvalue weighted by Crippen LogP contribution is -2.53. The number of carbonyl (C=O) groups excluding carboxylic acids is 2. The van der Waals surface area contributed by atoms with Gasteiger partial charge in [0.1, 0.15) is 6.10 Å². The molecule has 10 heteroatoms. The second-order valence-electron chi connectivity index (χ2n) is 8.09. The van der Waals surface area contributed by atoms with Crippen molar-refractivity contribution in [3.8, 4) is 0 Å². The number of carbonyl (C=O) groups is 2. The third-order valence-corrected chi connectivity index (χ3v) is 5.28. The number of hydroxylamine groups is 1. The fourth-order valence-electron chi connectivity index (χ4n) is 2.88. The Morgan fingerprint density at radius 3 is 2.13 bits per heavy atom. The summed E-state index contributed by atoms with van der Waals surface area (Å²) in [4.78, 5) is 25.4. The van der Waals surface area contributed by atoms with E-state index in [0.717, 1.165) is 16.2 Å². The minimum atomic E-state index is -3.71. The van der Waals surface area contributed by atoms with E-state index in [-0.39, 0.29) is 31.4 Å². The lowest BCUT2D eigenvalue weighted by molar-refractivity contribution is -0.153. The Bertz CT molecular complexity index is 783. The summed E-state index contributed by atoms with van der Waals surface area (Å²) in [5.41, 5.74) is 4.75. The summed E-state index contributed by atoms with van der Waals surface area (Å²) in [5.74, 6) is -2.59. The lowest BCUT2D eigenvalue weighted by atomic mass is 9.90. The zero-order valence-corrected chi connectivity index (χ0v) is 19.0. The van der Waals surface area contributed by atoms with Gasteiger partial charge in [-0.1, -0.05) is 58.0 Å². The maximum Gasteiger partial charge on any atom is 0.273 e. The van der Waals surface area contributed by atoms with Gasteiger partial charge in [-0.25, -0.2) is 13.9 Å². The predicted octanol–water partition coefficient (Wildman–Crippen LogP) is 1.69.